The van der Waals surface area contributed by atoms with Gasteiger partial charge in [0.1, 0.15) is 11.6 Å². The maximum atomic E-state index is 15.2. The first-order valence-electron chi connectivity index (χ1n) is 11.2. The number of hydrogen-bond donors (Lipinski definition) is 0. The Morgan fingerprint density at radius 2 is 1.61 bits per heavy atom. The van der Waals surface area contributed by atoms with Gasteiger partial charge in [-0.15, -0.1) is 0 Å². The molecule has 0 spiro atoms. The minimum atomic E-state index is -1.32. The zero-order valence-electron chi connectivity index (χ0n) is 18.3. The topological polar surface area (TPSA) is 0 Å². The zero-order valence-corrected chi connectivity index (χ0v) is 18.3. The van der Waals surface area contributed by atoms with Crippen molar-refractivity contribution >= 4 is 0 Å². The van der Waals surface area contributed by atoms with Crippen molar-refractivity contribution in [2.75, 3.05) is 0 Å². The molecule has 0 aromatic heterocycles. The van der Waals surface area contributed by atoms with E-state index in [9.17, 15) is 22.0 Å². The Bertz CT molecular complexity index is 1180. The van der Waals surface area contributed by atoms with E-state index in [1.807, 2.05) is 6.92 Å². The Morgan fingerprint density at radius 1 is 0.818 bits per heavy atom. The number of benzene rings is 3. The van der Waals surface area contributed by atoms with E-state index in [-0.39, 0.29) is 24.0 Å². The maximum Gasteiger partial charge on any atom is 0.166 e. The van der Waals surface area contributed by atoms with Gasteiger partial charge in [0.2, 0.25) is 0 Å². The molecule has 4 rings (SSSR count). The van der Waals surface area contributed by atoms with Gasteiger partial charge in [0.25, 0.3) is 0 Å². The third-order valence-electron chi connectivity index (χ3n) is 6.52. The summed E-state index contributed by atoms with van der Waals surface area (Å²) in [7, 11) is 0. The van der Waals surface area contributed by atoms with Crippen LogP contribution in [0.1, 0.15) is 60.8 Å². The molecule has 3 aromatic rings. The summed E-state index contributed by atoms with van der Waals surface area (Å²) in [4.78, 5) is 0. The summed E-state index contributed by atoms with van der Waals surface area (Å²) in [5.74, 6) is -6.67. The second-order valence-corrected chi connectivity index (χ2v) is 8.63. The Morgan fingerprint density at radius 3 is 2.36 bits per heavy atom. The van der Waals surface area contributed by atoms with Gasteiger partial charge in [-0.25, -0.2) is 26.3 Å². The number of fused-ring (bicyclic) bond motifs is 1. The number of halogens is 6. The largest absolute Gasteiger partial charge is 0.206 e. The average Bonchev–Trinajstić information content (AvgIpc) is 2.79. The van der Waals surface area contributed by atoms with Crippen LogP contribution in [0.4, 0.5) is 26.3 Å². The smallest absolute Gasteiger partial charge is 0.166 e. The highest BCUT2D eigenvalue weighted by molar-refractivity contribution is 5.68. The Hall–Kier alpha value is -2.76. The van der Waals surface area contributed by atoms with E-state index >= 15 is 4.39 Å². The van der Waals surface area contributed by atoms with E-state index in [0.29, 0.717) is 24.0 Å². The van der Waals surface area contributed by atoms with Crippen LogP contribution < -0.4 is 0 Å². The molecular weight excluding hydrogens is 438 g/mol. The molecule has 0 nitrogen and oxygen atoms in total. The van der Waals surface area contributed by atoms with E-state index in [1.54, 1.807) is 12.1 Å². The van der Waals surface area contributed by atoms with Gasteiger partial charge in [-0.05, 0) is 72.4 Å². The Balaban J connectivity index is 1.65. The first kappa shape index (κ1) is 23.4. The molecule has 6 heteroatoms. The molecule has 0 bridgehead atoms. The lowest BCUT2D eigenvalue weighted by Crippen LogP contribution is -2.17. The van der Waals surface area contributed by atoms with Crippen LogP contribution in [0.3, 0.4) is 0 Å². The third-order valence-corrected chi connectivity index (χ3v) is 6.52. The van der Waals surface area contributed by atoms with Crippen molar-refractivity contribution in [2.45, 2.75) is 57.8 Å². The summed E-state index contributed by atoms with van der Waals surface area (Å²) in [6.07, 6.45) is 3.74. The summed E-state index contributed by atoms with van der Waals surface area (Å²) < 4.78 is 87.3. The summed E-state index contributed by atoms with van der Waals surface area (Å²) >= 11 is 0. The van der Waals surface area contributed by atoms with Gasteiger partial charge in [0.15, 0.2) is 23.3 Å². The van der Waals surface area contributed by atoms with Crippen LogP contribution in [-0.2, 0) is 19.3 Å². The molecule has 0 aliphatic heterocycles. The Kier molecular flexibility index (Phi) is 6.82. The zero-order chi connectivity index (χ0) is 23.7. The van der Waals surface area contributed by atoms with E-state index in [4.69, 9.17) is 0 Å². The minimum absolute atomic E-state index is 0.126. The average molecular weight is 462 g/mol. The number of unbranched alkanes of at least 4 members (excludes halogenated alkanes) is 2. The highest BCUT2D eigenvalue weighted by Gasteiger charge is 2.30. The molecule has 0 heterocycles. The summed E-state index contributed by atoms with van der Waals surface area (Å²) in [5, 5.41) is 0. The molecule has 1 aliphatic carbocycles. The van der Waals surface area contributed by atoms with Crippen LogP contribution >= 0.6 is 0 Å². The van der Waals surface area contributed by atoms with Gasteiger partial charge in [-0.2, -0.15) is 0 Å². The predicted molar refractivity (Wildman–Crippen MR) is 116 cm³/mol. The van der Waals surface area contributed by atoms with Crippen molar-refractivity contribution in [3.05, 3.63) is 93.6 Å². The van der Waals surface area contributed by atoms with Crippen LogP contribution in [0.15, 0.2) is 36.4 Å². The molecule has 3 aromatic carbocycles. The molecule has 0 saturated carbocycles. The lowest BCUT2D eigenvalue weighted by atomic mass is 9.78. The van der Waals surface area contributed by atoms with Crippen molar-refractivity contribution in [2.24, 2.45) is 0 Å². The van der Waals surface area contributed by atoms with E-state index in [0.717, 1.165) is 37.5 Å². The molecular formula is C27H24F6. The van der Waals surface area contributed by atoms with Gasteiger partial charge in [0, 0.05) is 5.56 Å². The predicted octanol–water partition coefficient (Wildman–Crippen LogP) is 8.19. The monoisotopic (exact) mass is 462 g/mol. The first-order valence-corrected chi connectivity index (χ1v) is 11.2. The molecule has 1 aliphatic rings. The summed E-state index contributed by atoms with van der Waals surface area (Å²) in [5.41, 5.74) is -0.0465. The quantitative estimate of drug-likeness (QED) is 0.256. The molecule has 1 atom stereocenters. The van der Waals surface area contributed by atoms with Gasteiger partial charge >= 0.3 is 0 Å². The fourth-order valence-corrected chi connectivity index (χ4v) is 4.73. The fourth-order valence-electron chi connectivity index (χ4n) is 4.73. The van der Waals surface area contributed by atoms with Crippen LogP contribution in [0.25, 0.3) is 11.1 Å². The molecule has 0 amide bonds. The lowest BCUT2D eigenvalue weighted by Gasteiger charge is -2.27. The normalized spacial score (nSPS) is 15.5. The van der Waals surface area contributed by atoms with Gasteiger partial charge < -0.3 is 0 Å². The van der Waals surface area contributed by atoms with Crippen molar-refractivity contribution in [3.63, 3.8) is 0 Å². The molecule has 33 heavy (non-hydrogen) atoms. The molecule has 0 saturated heterocycles. The van der Waals surface area contributed by atoms with E-state index in [2.05, 4.69) is 0 Å². The van der Waals surface area contributed by atoms with Crippen LogP contribution in [0.5, 0.6) is 0 Å². The van der Waals surface area contributed by atoms with Crippen molar-refractivity contribution < 1.29 is 26.3 Å². The van der Waals surface area contributed by atoms with Crippen molar-refractivity contribution in [1.82, 2.24) is 0 Å². The summed E-state index contributed by atoms with van der Waals surface area (Å²) in [6.45, 7) is 2.03. The number of rotatable bonds is 6. The van der Waals surface area contributed by atoms with Crippen molar-refractivity contribution in [1.29, 1.82) is 0 Å². The van der Waals surface area contributed by atoms with E-state index < -0.39 is 51.9 Å². The minimum Gasteiger partial charge on any atom is -0.206 e. The fraction of sp³-hybridized carbons (Fsp3) is 0.333. The molecule has 174 valence electrons. The third kappa shape index (κ3) is 4.40. The molecule has 0 fully saturated rings. The number of aryl methyl sites for hydroxylation is 1. The van der Waals surface area contributed by atoms with E-state index in [1.165, 1.54) is 6.07 Å². The second kappa shape index (κ2) is 9.62. The molecule has 1 unspecified atom stereocenters. The van der Waals surface area contributed by atoms with Gasteiger partial charge in [0.05, 0.1) is 5.56 Å². The van der Waals surface area contributed by atoms with Crippen LogP contribution in [0, 0.1) is 34.9 Å². The second-order valence-electron chi connectivity index (χ2n) is 8.63. The lowest BCUT2D eigenvalue weighted by molar-refractivity contribution is 0.461. The maximum absolute atomic E-state index is 15.2. The van der Waals surface area contributed by atoms with Crippen molar-refractivity contribution in [3.8, 4) is 11.1 Å². The Labute approximate surface area is 189 Å². The first-order chi connectivity index (χ1) is 15.8. The number of hydrogen-bond acceptors (Lipinski definition) is 0. The standard InChI is InChI=1S/C27H24F6/c1-2-3-4-6-15-9-11-18(27(33)24(15)30)16-10-12-19-17(13-16)14-22(29)23(26(19)32)20-7-5-8-21(28)25(20)31/h5,7-9,11,14,16H,2-4,6,10,12-13H2,1H3. The van der Waals surface area contributed by atoms with Crippen LogP contribution in [0.2, 0.25) is 0 Å². The summed E-state index contributed by atoms with van der Waals surface area (Å²) in [6, 6.07) is 7.44. The highest BCUT2D eigenvalue weighted by atomic mass is 19.2. The van der Waals surface area contributed by atoms with Gasteiger partial charge in [-0.3, -0.25) is 0 Å². The van der Waals surface area contributed by atoms with Crippen LogP contribution in [-0.4, -0.2) is 0 Å². The van der Waals surface area contributed by atoms with Gasteiger partial charge in [-0.1, -0.05) is 44.0 Å². The molecule has 0 N–H and O–H groups in total. The SMILES string of the molecule is CCCCCc1ccc(C2CCc3c(cc(F)c(-c4cccc(F)c4F)c3F)C2)c(F)c1F. The highest BCUT2D eigenvalue weighted by Crippen LogP contribution is 2.40. The molecule has 0 radical (unpaired) electrons.